The fraction of sp³-hybridized carbons (Fsp3) is 0.391. The zero-order valence-electron chi connectivity index (χ0n) is 17.7. The van der Waals surface area contributed by atoms with E-state index in [4.69, 9.17) is 14.2 Å². The average Bonchev–Trinajstić information content (AvgIpc) is 3.25. The van der Waals surface area contributed by atoms with Crippen LogP contribution in [0, 0.1) is 0 Å². The van der Waals surface area contributed by atoms with Crippen LogP contribution in [-0.2, 0) is 12.8 Å². The molecule has 30 heavy (non-hydrogen) atoms. The summed E-state index contributed by atoms with van der Waals surface area (Å²) in [6, 6.07) is 9.66. The molecule has 1 aliphatic carbocycles. The van der Waals surface area contributed by atoms with E-state index in [2.05, 4.69) is 28.5 Å². The molecule has 1 N–H and O–H groups in total. The lowest BCUT2D eigenvalue weighted by Gasteiger charge is -2.24. The molecule has 158 valence electrons. The fourth-order valence-electron chi connectivity index (χ4n) is 4.13. The highest BCUT2D eigenvalue weighted by Crippen LogP contribution is 2.38. The highest BCUT2D eigenvalue weighted by molar-refractivity contribution is 6.11. The molecule has 0 saturated heterocycles. The molecule has 2 aromatic carbocycles. The minimum absolute atomic E-state index is 0.164. The van der Waals surface area contributed by atoms with Gasteiger partial charge in [0.1, 0.15) is 0 Å². The van der Waals surface area contributed by atoms with E-state index in [1.165, 1.54) is 45.3 Å². The van der Waals surface area contributed by atoms with E-state index in [1.807, 2.05) is 0 Å². The fourth-order valence-corrected chi connectivity index (χ4v) is 4.13. The summed E-state index contributed by atoms with van der Waals surface area (Å²) in [4.78, 5) is 19.5. The molecule has 0 unspecified atom stereocenters. The van der Waals surface area contributed by atoms with E-state index in [-0.39, 0.29) is 5.91 Å². The smallest absolute Gasteiger partial charge is 0.260 e. The Morgan fingerprint density at radius 2 is 1.77 bits per heavy atom. The Morgan fingerprint density at radius 1 is 1.03 bits per heavy atom. The Hall–Kier alpha value is -3.22. The molecular weight excluding hydrogens is 382 g/mol. The summed E-state index contributed by atoms with van der Waals surface area (Å²) in [6.45, 7) is 1.08. The van der Waals surface area contributed by atoms with Crippen LogP contribution in [0.2, 0.25) is 0 Å². The maximum Gasteiger partial charge on any atom is 0.260 e. The van der Waals surface area contributed by atoms with Crippen molar-refractivity contribution in [1.29, 1.82) is 0 Å². The van der Waals surface area contributed by atoms with Crippen LogP contribution in [0.5, 0.6) is 17.2 Å². The number of amides is 1. The van der Waals surface area contributed by atoms with Gasteiger partial charge in [-0.1, -0.05) is 12.1 Å². The van der Waals surface area contributed by atoms with Crippen molar-refractivity contribution in [2.45, 2.75) is 25.7 Å². The van der Waals surface area contributed by atoms with Gasteiger partial charge in [-0.15, -0.1) is 0 Å². The van der Waals surface area contributed by atoms with Gasteiger partial charge in [-0.2, -0.15) is 0 Å². The van der Waals surface area contributed by atoms with Crippen molar-refractivity contribution < 1.29 is 19.0 Å². The van der Waals surface area contributed by atoms with E-state index in [1.54, 1.807) is 17.0 Å². The minimum atomic E-state index is -0.164. The Kier molecular flexibility index (Phi) is 5.79. The molecule has 4 rings (SSSR count). The largest absolute Gasteiger partial charge is 0.493 e. The maximum atomic E-state index is 13.3. The van der Waals surface area contributed by atoms with Crippen LogP contribution >= 0.6 is 0 Å². The quantitative estimate of drug-likeness (QED) is 0.818. The third-order valence-electron chi connectivity index (χ3n) is 5.64. The minimum Gasteiger partial charge on any atom is -0.493 e. The second-order valence-corrected chi connectivity index (χ2v) is 7.35. The number of guanidine groups is 1. The second-order valence-electron chi connectivity index (χ2n) is 7.35. The van der Waals surface area contributed by atoms with Crippen molar-refractivity contribution in [1.82, 2.24) is 4.90 Å². The zero-order chi connectivity index (χ0) is 21.1. The molecule has 0 radical (unpaired) electrons. The number of ether oxygens (including phenoxy) is 3. The van der Waals surface area contributed by atoms with Crippen LogP contribution in [0.25, 0.3) is 0 Å². The number of aryl methyl sites for hydroxylation is 1. The highest BCUT2D eigenvalue weighted by Gasteiger charge is 2.28. The summed E-state index contributed by atoms with van der Waals surface area (Å²) < 4.78 is 16.2. The SMILES string of the molecule is COc1cc(C(=O)N2CCN=C2Nc2cccc3c2CCCC3)cc(OC)c1OC. The van der Waals surface area contributed by atoms with E-state index < -0.39 is 0 Å². The van der Waals surface area contributed by atoms with E-state index in [9.17, 15) is 4.79 Å². The first-order valence-corrected chi connectivity index (χ1v) is 10.2. The third-order valence-corrected chi connectivity index (χ3v) is 5.64. The Morgan fingerprint density at radius 3 is 2.47 bits per heavy atom. The number of aliphatic imine (C=N–C) groups is 1. The van der Waals surface area contributed by atoms with Crippen LogP contribution < -0.4 is 19.5 Å². The summed E-state index contributed by atoms with van der Waals surface area (Å²) >= 11 is 0. The molecule has 7 heteroatoms. The van der Waals surface area contributed by atoms with Crippen molar-refractivity contribution in [3.8, 4) is 17.2 Å². The number of benzene rings is 2. The molecule has 0 bridgehead atoms. The van der Waals surface area contributed by atoms with E-state index in [0.29, 0.717) is 41.9 Å². The lowest BCUT2D eigenvalue weighted by atomic mass is 9.90. The molecule has 1 heterocycles. The Balaban J connectivity index is 1.61. The summed E-state index contributed by atoms with van der Waals surface area (Å²) in [5, 5.41) is 3.42. The van der Waals surface area contributed by atoms with Gasteiger partial charge in [0.05, 0.1) is 27.9 Å². The van der Waals surface area contributed by atoms with Gasteiger partial charge in [-0.25, -0.2) is 0 Å². The standard InChI is InChI=1S/C23H27N3O4/c1-28-19-13-16(14-20(29-2)21(19)30-3)22(27)26-12-11-24-23(26)25-18-10-6-8-15-7-4-5-9-17(15)18/h6,8,10,13-14H,4-5,7,9,11-12H2,1-3H3,(H,24,25). The number of rotatable bonds is 5. The topological polar surface area (TPSA) is 72.4 Å². The lowest BCUT2D eigenvalue weighted by Crippen LogP contribution is -2.38. The number of anilines is 1. The average molecular weight is 409 g/mol. The number of fused-ring (bicyclic) bond motifs is 1. The second kappa shape index (κ2) is 8.65. The van der Waals surface area contributed by atoms with Gasteiger partial charge in [0, 0.05) is 17.8 Å². The number of hydrogen-bond acceptors (Lipinski definition) is 6. The van der Waals surface area contributed by atoms with Crippen LogP contribution in [0.15, 0.2) is 35.3 Å². The summed E-state index contributed by atoms with van der Waals surface area (Å²) in [6.07, 6.45) is 4.56. The predicted molar refractivity (Wildman–Crippen MR) is 116 cm³/mol. The molecular formula is C23H27N3O4. The number of hydrogen-bond donors (Lipinski definition) is 1. The maximum absolute atomic E-state index is 13.3. The van der Waals surface area contributed by atoms with Crippen LogP contribution in [-0.4, -0.2) is 51.2 Å². The van der Waals surface area contributed by atoms with Crippen LogP contribution in [0.4, 0.5) is 5.69 Å². The van der Waals surface area contributed by atoms with Crippen LogP contribution in [0.3, 0.4) is 0 Å². The molecule has 1 amide bonds. The van der Waals surface area contributed by atoms with Gasteiger partial charge in [-0.3, -0.25) is 14.7 Å². The van der Waals surface area contributed by atoms with Gasteiger partial charge < -0.3 is 19.5 Å². The van der Waals surface area contributed by atoms with Gasteiger partial charge in [0.2, 0.25) is 11.7 Å². The molecule has 0 aromatic heterocycles. The molecule has 0 atom stereocenters. The van der Waals surface area contributed by atoms with Crippen molar-refractivity contribution in [2.24, 2.45) is 4.99 Å². The Bertz CT molecular complexity index is 961. The van der Waals surface area contributed by atoms with Crippen molar-refractivity contribution in [2.75, 3.05) is 39.7 Å². The van der Waals surface area contributed by atoms with Gasteiger partial charge in [0.25, 0.3) is 5.91 Å². The van der Waals surface area contributed by atoms with Gasteiger partial charge >= 0.3 is 0 Å². The summed E-state index contributed by atoms with van der Waals surface area (Å²) in [7, 11) is 4.61. The highest BCUT2D eigenvalue weighted by atomic mass is 16.5. The zero-order valence-corrected chi connectivity index (χ0v) is 17.7. The van der Waals surface area contributed by atoms with Crippen LogP contribution in [0.1, 0.15) is 34.3 Å². The van der Waals surface area contributed by atoms with Gasteiger partial charge in [-0.05, 0) is 55.0 Å². The number of methoxy groups -OCH3 is 3. The molecule has 7 nitrogen and oxygen atoms in total. The van der Waals surface area contributed by atoms with Crippen molar-refractivity contribution >= 4 is 17.6 Å². The summed E-state index contributed by atoms with van der Waals surface area (Å²) in [5.41, 5.74) is 4.21. The number of carbonyl (C=O) groups is 1. The van der Waals surface area contributed by atoms with E-state index >= 15 is 0 Å². The first kappa shape index (κ1) is 20.1. The van der Waals surface area contributed by atoms with Crippen molar-refractivity contribution in [3.05, 3.63) is 47.0 Å². The molecule has 2 aliphatic rings. The number of nitrogens with one attached hydrogen (secondary N) is 1. The Labute approximate surface area is 176 Å². The van der Waals surface area contributed by atoms with Crippen molar-refractivity contribution in [3.63, 3.8) is 0 Å². The lowest BCUT2D eigenvalue weighted by molar-refractivity contribution is 0.0857. The third kappa shape index (κ3) is 3.67. The molecule has 1 aliphatic heterocycles. The molecule has 0 spiro atoms. The molecule has 0 fully saturated rings. The first-order valence-electron chi connectivity index (χ1n) is 10.2. The molecule has 2 aromatic rings. The normalized spacial score (nSPS) is 15.3. The predicted octanol–water partition coefficient (Wildman–Crippen LogP) is 3.52. The van der Waals surface area contributed by atoms with Gasteiger partial charge in [0.15, 0.2) is 11.5 Å². The van der Waals surface area contributed by atoms with E-state index in [0.717, 1.165) is 18.5 Å². The monoisotopic (exact) mass is 409 g/mol. The molecule has 0 saturated carbocycles. The summed E-state index contributed by atoms with van der Waals surface area (Å²) in [5.74, 6) is 1.77. The number of carbonyl (C=O) groups excluding carboxylic acids is 1. The number of nitrogens with zero attached hydrogens (tertiary/aromatic N) is 2. The first-order chi connectivity index (χ1) is 14.7.